The van der Waals surface area contributed by atoms with Crippen molar-refractivity contribution in [1.82, 2.24) is 14.8 Å². The van der Waals surface area contributed by atoms with Crippen LogP contribution in [0.25, 0.3) is 0 Å². The molecular formula is C55H51F6N9O6. The maximum Gasteiger partial charge on any atom is 0.417 e. The minimum atomic E-state index is -5.10. The fourth-order valence-corrected chi connectivity index (χ4v) is 10.1. The number of nitrogen functional groups attached to an aromatic ring is 2. The molecular weight excluding hydrogens is 997 g/mol. The number of rotatable bonds is 15. The number of nitrogens with one attached hydrogen (secondary N) is 4. The van der Waals surface area contributed by atoms with Gasteiger partial charge in [-0.05, 0) is 116 Å². The van der Waals surface area contributed by atoms with Crippen molar-refractivity contribution in [2.75, 3.05) is 36.8 Å². The summed E-state index contributed by atoms with van der Waals surface area (Å²) >= 11 is 0. The third-order valence-corrected chi connectivity index (χ3v) is 13.7. The van der Waals surface area contributed by atoms with E-state index in [-0.39, 0.29) is 59.6 Å². The van der Waals surface area contributed by atoms with Gasteiger partial charge in [-0.3, -0.25) is 35.0 Å². The number of aromatic hydroxyl groups is 2. The number of nitrogens with two attached hydrogens (primary N) is 2. The first kappa shape index (κ1) is 53.5. The van der Waals surface area contributed by atoms with Crippen LogP contribution < -0.4 is 22.1 Å². The van der Waals surface area contributed by atoms with E-state index in [0.717, 1.165) is 36.4 Å². The predicted octanol–water partition coefficient (Wildman–Crippen LogP) is 9.28. The molecule has 4 amide bonds. The van der Waals surface area contributed by atoms with E-state index in [4.69, 9.17) is 22.3 Å². The van der Waals surface area contributed by atoms with Crippen molar-refractivity contribution in [1.29, 1.82) is 10.8 Å². The second kappa shape index (κ2) is 22.0. The number of pyridine rings is 1. The molecule has 76 heavy (non-hydrogen) atoms. The van der Waals surface area contributed by atoms with Crippen molar-refractivity contribution in [3.05, 3.63) is 183 Å². The van der Waals surface area contributed by atoms with Crippen LogP contribution in [-0.2, 0) is 21.9 Å². The molecule has 8 rings (SSSR count). The Morgan fingerprint density at radius 3 is 1.34 bits per heavy atom. The summed E-state index contributed by atoms with van der Waals surface area (Å²) in [4.78, 5) is 65.0. The van der Waals surface area contributed by atoms with Gasteiger partial charge in [-0.1, -0.05) is 36.4 Å². The Balaban J connectivity index is 1.36. The normalized spacial score (nSPS) is 15.3. The molecule has 2 aliphatic rings. The summed E-state index contributed by atoms with van der Waals surface area (Å²) in [5, 5.41) is 45.5. The van der Waals surface area contributed by atoms with Gasteiger partial charge < -0.3 is 42.1 Å². The zero-order valence-corrected chi connectivity index (χ0v) is 40.4. The van der Waals surface area contributed by atoms with Crippen LogP contribution in [0.15, 0.2) is 128 Å². The Hall–Kier alpha value is -8.75. The van der Waals surface area contributed by atoms with E-state index in [1.807, 2.05) is 0 Å². The van der Waals surface area contributed by atoms with Gasteiger partial charge in [0.25, 0.3) is 11.8 Å². The van der Waals surface area contributed by atoms with Gasteiger partial charge >= 0.3 is 12.4 Å². The van der Waals surface area contributed by atoms with Gasteiger partial charge in [-0.2, -0.15) is 26.3 Å². The first-order chi connectivity index (χ1) is 36.1. The summed E-state index contributed by atoms with van der Waals surface area (Å²) in [6, 6.07) is 23.4. The minimum Gasteiger partial charge on any atom is -0.508 e. The van der Waals surface area contributed by atoms with E-state index >= 15 is 9.59 Å². The van der Waals surface area contributed by atoms with Crippen molar-refractivity contribution in [2.45, 2.75) is 61.7 Å². The van der Waals surface area contributed by atoms with Crippen molar-refractivity contribution in [3.63, 3.8) is 0 Å². The zero-order chi connectivity index (χ0) is 54.6. The number of phenols is 2. The van der Waals surface area contributed by atoms with Crippen LogP contribution in [0.3, 0.4) is 0 Å². The number of aromatic nitrogens is 1. The quantitative estimate of drug-likeness (QED) is 0.0277. The Labute approximate surface area is 431 Å². The molecule has 3 heterocycles. The highest BCUT2D eigenvalue weighted by Gasteiger charge is 2.47. The summed E-state index contributed by atoms with van der Waals surface area (Å²) in [7, 11) is 0. The number of hydrogen-bond donors (Lipinski definition) is 8. The maximum absolute atomic E-state index is 15.6. The molecule has 0 radical (unpaired) electrons. The van der Waals surface area contributed by atoms with E-state index in [1.165, 1.54) is 58.6 Å². The van der Waals surface area contributed by atoms with Crippen LogP contribution in [0.5, 0.6) is 11.5 Å². The van der Waals surface area contributed by atoms with E-state index in [9.17, 15) is 46.1 Å². The van der Waals surface area contributed by atoms with E-state index in [1.54, 1.807) is 30.3 Å². The van der Waals surface area contributed by atoms with E-state index in [2.05, 4.69) is 15.6 Å². The zero-order valence-electron chi connectivity index (χ0n) is 40.4. The number of phenolic OH excluding ortho intramolecular Hbond substituents is 2. The maximum atomic E-state index is 15.6. The highest BCUT2D eigenvalue weighted by atomic mass is 19.4. The van der Waals surface area contributed by atoms with Crippen LogP contribution >= 0.6 is 0 Å². The Morgan fingerprint density at radius 2 is 0.961 bits per heavy atom. The predicted molar refractivity (Wildman–Crippen MR) is 270 cm³/mol. The first-order valence-corrected chi connectivity index (χ1v) is 24.0. The lowest BCUT2D eigenvalue weighted by Gasteiger charge is -2.39. The molecule has 0 spiro atoms. The molecule has 394 valence electrons. The number of alkyl halides is 6. The van der Waals surface area contributed by atoms with Gasteiger partial charge in [0, 0.05) is 84.0 Å². The van der Waals surface area contributed by atoms with Gasteiger partial charge in [0.05, 0.1) is 34.1 Å². The second-order valence-electron chi connectivity index (χ2n) is 18.6. The fourth-order valence-electron chi connectivity index (χ4n) is 10.1. The summed E-state index contributed by atoms with van der Waals surface area (Å²) < 4.78 is 89.6. The van der Waals surface area contributed by atoms with Gasteiger partial charge in [0.2, 0.25) is 11.8 Å². The minimum absolute atomic E-state index is 0.0206. The topological polar surface area (TPSA) is 252 Å². The van der Waals surface area contributed by atoms with Gasteiger partial charge in [0.15, 0.2) is 0 Å². The van der Waals surface area contributed by atoms with Crippen LogP contribution in [-0.4, -0.2) is 86.5 Å². The number of anilines is 2. The molecule has 5 aromatic carbocycles. The standard InChI is InChI=1S/C55H51F6N9O6/c56-54(57,58)40-27-34(14-16-36(40)52(75)69-21-4-5-22-69)67-50(73)46(38-25-31(48(62)63)12-18-42(38)71)44(30-9-2-1-3-10-30)45(33-11-8-20-66-29-33)47(39-26-32(49(64)65)13-19-43(39)72)51(74)68-35-15-17-37(41(28-35)55(59,60)61)53(76)70-23-6-7-24-70/h1-3,8-20,25-29,44-47,71-72H,4-7,21-24H2,(H3,62,63)(H3,64,65)(H,67,73)(H,68,74). The van der Waals surface area contributed by atoms with Crippen LogP contribution in [0.2, 0.25) is 0 Å². The van der Waals surface area contributed by atoms with Crippen LogP contribution in [0.4, 0.5) is 37.7 Å². The smallest absolute Gasteiger partial charge is 0.417 e. The molecule has 2 saturated heterocycles. The molecule has 15 nitrogen and oxygen atoms in total. The van der Waals surface area contributed by atoms with Crippen LogP contribution in [0.1, 0.15) is 115 Å². The molecule has 0 saturated carbocycles. The third kappa shape index (κ3) is 11.5. The Kier molecular flexibility index (Phi) is 15.5. The molecule has 2 fully saturated rings. The average molecular weight is 1050 g/mol. The SMILES string of the molecule is N=C(N)c1ccc(O)c(C(C(=O)Nc2ccc(C(=O)N3CCCC3)c(C(F)(F)F)c2)C(c2ccccc2)C(c2cccnc2)C(C(=O)Nc2ccc(C(=O)N3CCCC3)c(C(F)(F)F)c2)c2cc(C(=N)N)ccc2O)c1. The fraction of sp³-hybridized carbons (Fsp3) is 0.255. The highest BCUT2D eigenvalue weighted by Crippen LogP contribution is 2.53. The lowest BCUT2D eigenvalue weighted by molar-refractivity contribution is -0.138. The number of carbonyl (C=O) groups is 4. The number of benzene rings is 5. The summed E-state index contributed by atoms with van der Waals surface area (Å²) in [5.41, 5.74) is 6.76. The number of carbonyl (C=O) groups excluding carboxylic acids is 4. The number of hydrogen-bond acceptors (Lipinski definition) is 9. The molecule has 4 atom stereocenters. The molecule has 10 N–H and O–H groups in total. The van der Waals surface area contributed by atoms with Gasteiger partial charge in [-0.15, -0.1) is 0 Å². The summed E-state index contributed by atoms with van der Waals surface area (Å²) in [6.45, 7) is 0.978. The first-order valence-electron chi connectivity index (χ1n) is 24.0. The van der Waals surface area contributed by atoms with E-state index in [0.29, 0.717) is 37.8 Å². The Bertz CT molecular complexity index is 2990. The number of amidine groups is 2. The molecule has 21 heteroatoms. The highest BCUT2D eigenvalue weighted by molar-refractivity contribution is 6.03. The number of nitrogens with zero attached hydrogens (tertiary/aromatic N) is 3. The van der Waals surface area contributed by atoms with Crippen molar-refractivity contribution in [3.8, 4) is 11.5 Å². The number of amides is 4. The van der Waals surface area contributed by atoms with Crippen molar-refractivity contribution >= 4 is 46.7 Å². The molecule has 0 aliphatic carbocycles. The van der Waals surface area contributed by atoms with Crippen molar-refractivity contribution < 1.29 is 55.7 Å². The molecule has 6 aromatic rings. The number of likely N-dealkylation sites (tertiary alicyclic amines) is 2. The molecule has 2 aliphatic heterocycles. The lowest BCUT2D eigenvalue weighted by atomic mass is 9.64. The summed E-state index contributed by atoms with van der Waals surface area (Å²) in [5.74, 6) is -12.9. The second-order valence-corrected chi connectivity index (χ2v) is 18.6. The molecule has 4 unspecified atom stereocenters. The average Bonchev–Trinajstić information content (AvgIpc) is 4.16. The largest absolute Gasteiger partial charge is 0.508 e. The van der Waals surface area contributed by atoms with Gasteiger partial charge in [-0.25, -0.2) is 0 Å². The molecule has 0 bridgehead atoms. The monoisotopic (exact) mass is 1050 g/mol. The Morgan fingerprint density at radius 1 is 0.553 bits per heavy atom. The van der Waals surface area contributed by atoms with Crippen molar-refractivity contribution in [2.24, 2.45) is 11.5 Å². The lowest BCUT2D eigenvalue weighted by Crippen LogP contribution is -2.36. The molecule has 1 aromatic heterocycles. The van der Waals surface area contributed by atoms with Crippen LogP contribution in [0, 0.1) is 10.8 Å². The van der Waals surface area contributed by atoms with E-state index < -0.39 is 116 Å². The summed E-state index contributed by atoms with van der Waals surface area (Å²) in [6.07, 6.45) is -5.11. The third-order valence-electron chi connectivity index (χ3n) is 13.7. The van der Waals surface area contributed by atoms with Gasteiger partial charge in [0.1, 0.15) is 23.2 Å². The number of halogens is 6.